The highest BCUT2D eigenvalue weighted by Gasteiger charge is 2.62. The number of thioether (sulfide) groups is 2. The highest BCUT2D eigenvalue weighted by atomic mass is 32.2. The SMILES string of the molecule is CC(=O)N(C1C(=O)N2CC(CSc3nnnn3CCNC(N)=O)(C(=O)O)CS[C@H]12)[S+]([O-])CC(F)(F)F. The molecule has 3 unspecified atom stereocenters. The Morgan fingerprint density at radius 1 is 1.44 bits per heavy atom. The molecule has 200 valence electrons. The fourth-order valence-electron chi connectivity index (χ4n) is 3.57. The molecule has 4 amide bonds. The number of nitrogens with two attached hydrogens (primary N) is 1. The lowest BCUT2D eigenvalue weighted by atomic mass is 9.89. The quantitative estimate of drug-likeness (QED) is 0.173. The second kappa shape index (κ2) is 10.9. The van der Waals surface area contributed by atoms with Crippen LogP contribution in [-0.4, -0.2) is 111 Å². The standard InChI is InChI=1S/C16H21F3N8O6S3/c1-8(28)27(36(33)7-16(17,18)19)9-10(29)25-4-15(12(30)31,5-34-11(9)25)6-35-14-22-23-24-26(14)3-2-21-13(20)32/h9,11H,2-7H2,1H3,(H,30,31)(H3,20,21,32)/t9?,11-,15?,36?/m1/s1. The minimum absolute atomic E-state index is 0.0390. The summed E-state index contributed by atoms with van der Waals surface area (Å²) in [6.45, 7) is 0.933. The second-order valence-electron chi connectivity index (χ2n) is 7.89. The van der Waals surface area contributed by atoms with Gasteiger partial charge < -0.3 is 25.6 Å². The lowest BCUT2D eigenvalue weighted by Crippen LogP contribution is -2.75. The lowest BCUT2D eigenvalue weighted by molar-refractivity contribution is -0.161. The summed E-state index contributed by atoms with van der Waals surface area (Å²) in [6, 6.07) is -2.13. The molecule has 1 aromatic heterocycles. The molecule has 2 fully saturated rings. The average Bonchev–Trinajstić information content (AvgIpc) is 3.21. The summed E-state index contributed by atoms with van der Waals surface area (Å²) in [6.07, 6.45) is -4.81. The number of tetrazole rings is 1. The fraction of sp³-hybridized carbons (Fsp3) is 0.688. The van der Waals surface area contributed by atoms with Gasteiger partial charge in [0, 0.05) is 31.5 Å². The highest BCUT2D eigenvalue weighted by Crippen LogP contribution is 2.46. The Labute approximate surface area is 213 Å². The van der Waals surface area contributed by atoms with Gasteiger partial charge in [-0.15, -0.1) is 21.2 Å². The van der Waals surface area contributed by atoms with E-state index in [1.165, 1.54) is 4.68 Å². The number of nitrogens with one attached hydrogen (secondary N) is 1. The van der Waals surface area contributed by atoms with E-state index in [-0.39, 0.29) is 36.3 Å². The van der Waals surface area contributed by atoms with E-state index in [4.69, 9.17) is 5.73 Å². The number of nitrogens with zero attached hydrogens (tertiary/aromatic N) is 6. The first-order valence-electron chi connectivity index (χ1n) is 10.1. The number of primary amides is 1. The molecule has 2 aliphatic heterocycles. The molecule has 2 saturated heterocycles. The summed E-state index contributed by atoms with van der Waals surface area (Å²) >= 11 is -0.822. The third kappa shape index (κ3) is 6.09. The maximum absolute atomic E-state index is 12.8. The number of hydrogen-bond donors (Lipinski definition) is 3. The Morgan fingerprint density at radius 3 is 2.72 bits per heavy atom. The number of alkyl halides is 3. The first-order chi connectivity index (χ1) is 16.8. The van der Waals surface area contributed by atoms with Gasteiger partial charge in [0.2, 0.25) is 10.9 Å². The zero-order valence-corrected chi connectivity index (χ0v) is 21.0. The molecule has 1 aromatic rings. The Kier molecular flexibility index (Phi) is 8.51. The van der Waals surface area contributed by atoms with Crippen molar-refractivity contribution in [3.63, 3.8) is 0 Å². The number of amides is 4. The molecule has 3 rings (SSSR count). The minimum atomic E-state index is -4.81. The van der Waals surface area contributed by atoms with Crippen molar-refractivity contribution in [3.8, 4) is 0 Å². The van der Waals surface area contributed by atoms with Gasteiger partial charge in [0.05, 0.1) is 17.9 Å². The summed E-state index contributed by atoms with van der Waals surface area (Å²) in [5.41, 5.74) is 3.54. The number of fused-ring (bicyclic) bond motifs is 1. The van der Waals surface area contributed by atoms with Gasteiger partial charge in [0.15, 0.2) is 6.04 Å². The van der Waals surface area contributed by atoms with Crippen LogP contribution < -0.4 is 11.1 Å². The summed E-state index contributed by atoms with van der Waals surface area (Å²) in [5, 5.41) is 22.9. The van der Waals surface area contributed by atoms with E-state index in [1.807, 2.05) is 0 Å². The second-order valence-corrected chi connectivity index (χ2v) is 11.3. The van der Waals surface area contributed by atoms with Crippen LogP contribution in [-0.2, 0) is 32.3 Å². The molecular formula is C16H21F3N8O6S3. The van der Waals surface area contributed by atoms with E-state index in [1.54, 1.807) is 0 Å². The van der Waals surface area contributed by atoms with Crippen LogP contribution in [0, 0.1) is 5.41 Å². The number of aromatic nitrogens is 4. The average molecular weight is 575 g/mol. The molecule has 0 aromatic carbocycles. The number of carboxylic acids is 1. The minimum Gasteiger partial charge on any atom is -0.593 e. The van der Waals surface area contributed by atoms with Crippen LogP contribution >= 0.6 is 23.5 Å². The van der Waals surface area contributed by atoms with Crippen LogP contribution in [0.4, 0.5) is 18.0 Å². The van der Waals surface area contributed by atoms with Crippen molar-refractivity contribution in [2.24, 2.45) is 11.1 Å². The van der Waals surface area contributed by atoms with Crippen molar-refractivity contribution in [3.05, 3.63) is 0 Å². The number of carboxylic acid groups (broad SMARTS) is 1. The Morgan fingerprint density at radius 2 is 2.14 bits per heavy atom. The largest absolute Gasteiger partial charge is 0.593 e. The maximum atomic E-state index is 12.8. The Bertz CT molecular complexity index is 1030. The number of urea groups is 1. The van der Waals surface area contributed by atoms with Crippen molar-refractivity contribution in [2.45, 2.75) is 36.2 Å². The van der Waals surface area contributed by atoms with Gasteiger partial charge in [-0.3, -0.25) is 14.4 Å². The zero-order chi connectivity index (χ0) is 26.8. The van der Waals surface area contributed by atoms with E-state index in [2.05, 4.69) is 20.8 Å². The van der Waals surface area contributed by atoms with E-state index in [0.717, 1.165) is 35.3 Å². The predicted octanol–water partition coefficient (Wildman–Crippen LogP) is -1.14. The van der Waals surface area contributed by atoms with Gasteiger partial charge in [-0.05, 0) is 10.4 Å². The molecule has 36 heavy (non-hydrogen) atoms. The van der Waals surface area contributed by atoms with Crippen LogP contribution in [0.15, 0.2) is 5.16 Å². The maximum Gasteiger partial charge on any atom is 0.435 e. The summed E-state index contributed by atoms with van der Waals surface area (Å²) < 4.78 is 52.2. The monoisotopic (exact) mass is 574 g/mol. The number of hydrogen-bond acceptors (Lipinski definition) is 10. The first-order valence-corrected chi connectivity index (χ1v) is 13.4. The van der Waals surface area contributed by atoms with Crippen molar-refractivity contribution in [2.75, 3.05) is 30.3 Å². The van der Waals surface area contributed by atoms with Gasteiger partial charge in [-0.25, -0.2) is 9.48 Å². The summed E-state index contributed by atoms with van der Waals surface area (Å²) in [5.74, 6) is -4.84. The Hall–Kier alpha value is -2.45. The van der Waals surface area contributed by atoms with Crippen LogP contribution in [0.2, 0.25) is 0 Å². The van der Waals surface area contributed by atoms with Crippen molar-refractivity contribution < 1.29 is 42.0 Å². The molecule has 14 nitrogen and oxygen atoms in total. The Balaban J connectivity index is 1.69. The first kappa shape index (κ1) is 28.1. The number of carbonyl (C=O) groups is 4. The number of β-lactam (4-membered cyclic amide) rings is 1. The predicted molar refractivity (Wildman–Crippen MR) is 120 cm³/mol. The van der Waals surface area contributed by atoms with Crippen LogP contribution in [0.1, 0.15) is 6.92 Å². The van der Waals surface area contributed by atoms with Crippen molar-refractivity contribution in [1.82, 2.24) is 34.7 Å². The van der Waals surface area contributed by atoms with E-state index in [0.29, 0.717) is 4.31 Å². The lowest BCUT2D eigenvalue weighted by Gasteiger charge is -2.55. The van der Waals surface area contributed by atoms with Crippen LogP contribution in [0.25, 0.3) is 0 Å². The summed E-state index contributed by atoms with van der Waals surface area (Å²) in [4.78, 5) is 49.0. The van der Waals surface area contributed by atoms with Gasteiger partial charge in [-0.1, -0.05) is 11.8 Å². The zero-order valence-electron chi connectivity index (χ0n) is 18.5. The fourth-order valence-corrected chi connectivity index (χ4v) is 7.62. The molecule has 0 aliphatic carbocycles. The number of rotatable bonds is 10. The third-order valence-electron chi connectivity index (χ3n) is 5.24. The molecule has 2 aliphatic rings. The number of aliphatic carboxylic acids is 1. The normalized spacial score (nSPS) is 24.5. The molecule has 0 saturated carbocycles. The molecule has 0 bridgehead atoms. The molecular weight excluding hydrogens is 553 g/mol. The molecule has 0 spiro atoms. The van der Waals surface area contributed by atoms with Gasteiger partial charge in [-0.2, -0.15) is 13.2 Å². The molecule has 0 radical (unpaired) electrons. The molecule has 4 atom stereocenters. The molecule has 4 N–H and O–H groups in total. The van der Waals surface area contributed by atoms with Crippen molar-refractivity contribution in [1.29, 1.82) is 0 Å². The summed E-state index contributed by atoms with van der Waals surface area (Å²) in [7, 11) is 0. The van der Waals surface area contributed by atoms with Crippen LogP contribution in [0.5, 0.6) is 0 Å². The topological polar surface area (TPSA) is 200 Å². The van der Waals surface area contributed by atoms with Gasteiger partial charge in [0.25, 0.3) is 11.8 Å². The highest BCUT2D eigenvalue weighted by molar-refractivity contribution is 8.00. The molecule has 3 heterocycles. The van der Waals surface area contributed by atoms with E-state index >= 15 is 0 Å². The smallest absolute Gasteiger partial charge is 0.435 e. The van der Waals surface area contributed by atoms with E-state index < -0.39 is 63.9 Å². The van der Waals surface area contributed by atoms with Gasteiger partial charge in [0.1, 0.15) is 10.8 Å². The van der Waals surface area contributed by atoms with Crippen LogP contribution in [0.3, 0.4) is 0 Å². The number of carbonyl (C=O) groups excluding carboxylic acids is 3. The third-order valence-corrected chi connectivity index (χ3v) is 9.56. The van der Waals surface area contributed by atoms with Gasteiger partial charge >= 0.3 is 18.2 Å². The number of halogens is 3. The van der Waals surface area contributed by atoms with Crippen molar-refractivity contribution >= 4 is 58.7 Å². The van der Waals surface area contributed by atoms with E-state index in [9.17, 15) is 42.0 Å². The molecule has 20 heteroatoms.